The van der Waals surface area contributed by atoms with Crippen LogP contribution in [0.4, 0.5) is 0 Å². The predicted octanol–water partition coefficient (Wildman–Crippen LogP) is 3.26. The number of aryl methyl sites for hydroxylation is 1. The van der Waals surface area contributed by atoms with Crippen molar-refractivity contribution in [1.29, 1.82) is 0 Å². The molecule has 0 saturated carbocycles. The maximum atomic E-state index is 4.87. The first kappa shape index (κ1) is 14.6. The highest BCUT2D eigenvalue weighted by Gasteiger charge is 2.32. The predicted molar refractivity (Wildman–Crippen MR) is 80.4 cm³/mol. The van der Waals surface area contributed by atoms with Gasteiger partial charge in [-0.15, -0.1) is 0 Å². The summed E-state index contributed by atoms with van der Waals surface area (Å²) in [6, 6.07) is 0. The van der Waals surface area contributed by atoms with Crippen LogP contribution in [-0.2, 0) is 24.9 Å². The summed E-state index contributed by atoms with van der Waals surface area (Å²) in [7, 11) is 0. The summed E-state index contributed by atoms with van der Waals surface area (Å²) >= 11 is 0. The summed E-state index contributed by atoms with van der Waals surface area (Å²) < 4.78 is 2.54. The number of nitrogens with zero attached hydrogens (tertiary/aromatic N) is 2. The number of fused-ring (bicyclic) bond motifs is 1. The molecule has 0 amide bonds. The zero-order valence-corrected chi connectivity index (χ0v) is 13.4. The van der Waals surface area contributed by atoms with Crippen LogP contribution in [0.15, 0.2) is 0 Å². The number of imidazole rings is 1. The van der Waals surface area contributed by atoms with E-state index in [-0.39, 0.29) is 5.54 Å². The van der Waals surface area contributed by atoms with Crippen molar-refractivity contribution in [3.8, 4) is 0 Å². The van der Waals surface area contributed by atoms with Crippen LogP contribution in [-0.4, -0.2) is 16.1 Å². The topological polar surface area (TPSA) is 29.9 Å². The van der Waals surface area contributed by atoms with Gasteiger partial charge in [0.25, 0.3) is 0 Å². The highest BCUT2D eigenvalue weighted by atomic mass is 15.2. The SMILES string of the molecule is CCc1nc2c(n1C(C)(C)CC(C)(C)C)CCNC2. The van der Waals surface area contributed by atoms with E-state index in [1.165, 1.54) is 23.6 Å². The molecule has 0 unspecified atom stereocenters. The van der Waals surface area contributed by atoms with Gasteiger partial charge in [0.2, 0.25) is 0 Å². The van der Waals surface area contributed by atoms with E-state index in [0.29, 0.717) is 5.41 Å². The molecule has 1 N–H and O–H groups in total. The summed E-state index contributed by atoms with van der Waals surface area (Å²) in [5, 5.41) is 3.43. The second-order valence-electron chi connectivity index (χ2n) is 7.59. The fourth-order valence-electron chi connectivity index (χ4n) is 3.70. The van der Waals surface area contributed by atoms with Gasteiger partial charge in [-0.05, 0) is 25.7 Å². The molecule has 0 aliphatic carbocycles. The maximum Gasteiger partial charge on any atom is 0.109 e. The molecule has 1 aromatic rings. The van der Waals surface area contributed by atoms with E-state index in [0.717, 1.165) is 25.9 Å². The lowest BCUT2D eigenvalue weighted by molar-refractivity contribution is 0.206. The quantitative estimate of drug-likeness (QED) is 0.907. The van der Waals surface area contributed by atoms with E-state index in [4.69, 9.17) is 4.98 Å². The van der Waals surface area contributed by atoms with Gasteiger partial charge >= 0.3 is 0 Å². The Morgan fingerprint density at radius 2 is 1.89 bits per heavy atom. The highest BCUT2D eigenvalue weighted by molar-refractivity contribution is 5.22. The van der Waals surface area contributed by atoms with Crippen molar-refractivity contribution in [3.63, 3.8) is 0 Å². The van der Waals surface area contributed by atoms with Crippen molar-refractivity contribution in [2.45, 2.75) is 72.9 Å². The lowest BCUT2D eigenvalue weighted by Gasteiger charge is -2.36. The first-order chi connectivity index (χ1) is 8.74. The summed E-state index contributed by atoms with van der Waals surface area (Å²) in [6.45, 7) is 15.9. The summed E-state index contributed by atoms with van der Waals surface area (Å²) in [4.78, 5) is 4.87. The molecule has 0 aromatic carbocycles. The Morgan fingerprint density at radius 3 is 2.47 bits per heavy atom. The van der Waals surface area contributed by atoms with E-state index in [2.05, 4.69) is 51.4 Å². The molecule has 0 spiro atoms. The Bertz CT molecular complexity index is 449. The molecule has 0 radical (unpaired) electrons. The van der Waals surface area contributed by atoms with Gasteiger partial charge < -0.3 is 9.88 Å². The third-order valence-corrected chi connectivity index (χ3v) is 3.84. The molecule has 2 heterocycles. The number of hydrogen-bond acceptors (Lipinski definition) is 2. The van der Waals surface area contributed by atoms with Crippen LogP contribution in [0, 0.1) is 5.41 Å². The molecule has 1 aliphatic rings. The van der Waals surface area contributed by atoms with Crippen molar-refractivity contribution < 1.29 is 0 Å². The Kier molecular flexibility index (Phi) is 3.78. The van der Waals surface area contributed by atoms with E-state index < -0.39 is 0 Å². The van der Waals surface area contributed by atoms with Crippen LogP contribution in [0.5, 0.6) is 0 Å². The molecule has 2 rings (SSSR count). The molecular formula is C16H29N3. The van der Waals surface area contributed by atoms with Crippen LogP contribution in [0.25, 0.3) is 0 Å². The molecule has 108 valence electrons. The number of nitrogens with one attached hydrogen (secondary N) is 1. The zero-order valence-electron chi connectivity index (χ0n) is 13.4. The second kappa shape index (κ2) is 4.93. The fraction of sp³-hybridized carbons (Fsp3) is 0.812. The van der Waals surface area contributed by atoms with Gasteiger partial charge in [-0.25, -0.2) is 4.98 Å². The van der Waals surface area contributed by atoms with Gasteiger partial charge in [0.1, 0.15) is 5.82 Å². The smallest absolute Gasteiger partial charge is 0.109 e. The van der Waals surface area contributed by atoms with Gasteiger partial charge in [0, 0.05) is 37.2 Å². The molecule has 19 heavy (non-hydrogen) atoms. The molecule has 0 fully saturated rings. The minimum absolute atomic E-state index is 0.140. The molecule has 0 atom stereocenters. The summed E-state index contributed by atoms with van der Waals surface area (Å²) in [6.07, 6.45) is 3.29. The van der Waals surface area contributed by atoms with Gasteiger partial charge in [0.05, 0.1) is 5.69 Å². The van der Waals surface area contributed by atoms with Gasteiger partial charge in [-0.2, -0.15) is 0 Å². The van der Waals surface area contributed by atoms with Crippen molar-refractivity contribution in [2.24, 2.45) is 5.41 Å². The third-order valence-electron chi connectivity index (χ3n) is 3.84. The van der Waals surface area contributed by atoms with Crippen molar-refractivity contribution in [1.82, 2.24) is 14.9 Å². The van der Waals surface area contributed by atoms with Gasteiger partial charge in [-0.3, -0.25) is 0 Å². The molecule has 3 heteroatoms. The van der Waals surface area contributed by atoms with E-state index in [1.807, 2.05) is 0 Å². The van der Waals surface area contributed by atoms with Gasteiger partial charge in [-0.1, -0.05) is 27.7 Å². The summed E-state index contributed by atoms with van der Waals surface area (Å²) in [5.74, 6) is 1.25. The highest BCUT2D eigenvalue weighted by Crippen LogP contribution is 2.35. The average molecular weight is 263 g/mol. The van der Waals surface area contributed by atoms with E-state index >= 15 is 0 Å². The maximum absolute atomic E-state index is 4.87. The molecule has 1 aromatic heterocycles. The van der Waals surface area contributed by atoms with Crippen molar-refractivity contribution >= 4 is 0 Å². The normalized spacial score (nSPS) is 16.5. The minimum Gasteiger partial charge on any atom is -0.326 e. The first-order valence-electron chi connectivity index (χ1n) is 7.55. The van der Waals surface area contributed by atoms with E-state index in [1.54, 1.807) is 0 Å². The lowest BCUT2D eigenvalue weighted by Crippen LogP contribution is -2.36. The van der Waals surface area contributed by atoms with Crippen LogP contribution < -0.4 is 5.32 Å². The number of aromatic nitrogens is 2. The molecule has 3 nitrogen and oxygen atoms in total. The zero-order chi connectivity index (χ0) is 14.3. The monoisotopic (exact) mass is 263 g/mol. The molecular weight excluding hydrogens is 234 g/mol. The Hall–Kier alpha value is -0.830. The second-order valence-corrected chi connectivity index (χ2v) is 7.59. The lowest BCUT2D eigenvalue weighted by atomic mass is 9.81. The molecule has 0 saturated heterocycles. The van der Waals surface area contributed by atoms with Crippen LogP contribution >= 0.6 is 0 Å². The van der Waals surface area contributed by atoms with Crippen LogP contribution in [0.2, 0.25) is 0 Å². The van der Waals surface area contributed by atoms with Crippen LogP contribution in [0.3, 0.4) is 0 Å². The largest absolute Gasteiger partial charge is 0.326 e. The van der Waals surface area contributed by atoms with Crippen LogP contribution in [0.1, 0.15) is 65.2 Å². The average Bonchev–Trinajstić information content (AvgIpc) is 2.64. The molecule has 1 aliphatic heterocycles. The van der Waals surface area contributed by atoms with Gasteiger partial charge in [0.15, 0.2) is 0 Å². The summed E-state index contributed by atoms with van der Waals surface area (Å²) in [5.41, 5.74) is 3.20. The van der Waals surface area contributed by atoms with E-state index in [9.17, 15) is 0 Å². The number of rotatable bonds is 3. The standard InChI is InChI=1S/C16H29N3/c1-7-14-18-12-10-17-9-8-13(12)19(14)16(5,6)11-15(2,3)4/h17H,7-11H2,1-6H3. The van der Waals surface area contributed by atoms with Crippen molar-refractivity contribution in [3.05, 3.63) is 17.2 Å². The van der Waals surface area contributed by atoms with Crippen molar-refractivity contribution in [2.75, 3.05) is 6.54 Å². The Labute approximate surface area is 117 Å². The third kappa shape index (κ3) is 3.02. The molecule has 0 bridgehead atoms. The Morgan fingerprint density at radius 1 is 1.21 bits per heavy atom. The Balaban J connectivity index is 2.45. The fourth-order valence-corrected chi connectivity index (χ4v) is 3.70. The number of hydrogen-bond donors (Lipinski definition) is 1. The first-order valence-corrected chi connectivity index (χ1v) is 7.55. The minimum atomic E-state index is 0.140.